The topological polar surface area (TPSA) is 71.8 Å². The second kappa shape index (κ2) is 7.01. The lowest BCUT2D eigenvalue weighted by atomic mass is 10.3. The maximum atomic E-state index is 4.59. The minimum atomic E-state index is 0.605. The predicted molar refractivity (Wildman–Crippen MR) is 84.4 cm³/mol. The smallest absolute Gasteiger partial charge is 0.230 e. The predicted octanol–water partition coefficient (Wildman–Crippen LogP) is 2.03. The molecule has 1 N–H and O–H groups in total. The molecule has 0 aliphatic heterocycles. The number of rotatable bonds is 7. The van der Waals surface area contributed by atoms with Crippen LogP contribution in [-0.4, -0.2) is 44.4 Å². The fourth-order valence-corrected chi connectivity index (χ4v) is 2.03. The first-order valence-corrected chi connectivity index (χ1v) is 7.49. The average molecular weight is 289 g/mol. The molecule has 0 saturated heterocycles. The van der Waals surface area contributed by atoms with Gasteiger partial charge in [0.1, 0.15) is 0 Å². The van der Waals surface area contributed by atoms with E-state index in [0.29, 0.717) is 17.7 Å². The summed E-state index contributed by atoms with van der Waals surface area (Å²) < 4.78 is 1.86. The van der Waals surface area contributed by atoms with Gasteiger partial charge >= 0.3 is 0 Å². The van der Waals surface area contributed by atoms with Crippen molar-refractivity contribution in [2.75, 3.05) is 29.9 Å². The lowest BCUT2D eigenvalue weighted by Crippen LogP contribution is -2.25. The summed E-state index contributed by atoms with van der Waals surface area (Å²) in [5.74, 6) is 1.96. The van der Waals surface area contributed by atoms with Gasteiger partial charge in [-0.25, -0.2) is 0 Å². The average Bonchev–Trinajstić information content (AvgIpc) is 2.98. The zero-order chi connectivity index (χ0) is 15.2. The summed E-state index contributed by atoms with van der Waals surface area (Å²) >= 11 is 0. The van der Waals surface area contributed by atoms with E-state index in [1.54, 1.807) is 6.20 Å². The van der Waals surface area contributed by atoms with Crippen molar-refractivity contribution in [2.45, 2.75) is 34.2 Å². The first kappa shape index (κ1) is 15.2. The van der Waals surface area contributed by atoms with Crippen LogP contribution in [0.3, 0.4) is 0 Å². The van der Waals surface area contributed by atoms with E-state index in [0.717, 1.165) is 31.7 Å². The molecule has 2 aromatic rings. The number of hydrogen-bond donors (Lipinski definition) is 1. The molecule has 0 saturated carbocycles. The van der Waals surface area contributed by atoms with E-state index in [1.807, 2.05) is 17.8 Å². The number of nitrogens with one attached hydrogen (secondary N) is 1. The highest BCUT2D eigenvalue weighted by molar-refractivity contribution is 5.56. The van der Waals surface area contributed by atoms with Gasteiger partial charge in [0, 0.05) is 32.4 Å². The molecule has 0 radical (unpaired) electrons. The summed E-state index contributed by atoms with van der Waals surface area (Å²) in [5, 5.41) is 7.45. The third-order valence-electron chi connectivity index (χ3n) is 3.22. The SMILES string of the molecule is CCNc1nc(-c2cnn(CC)c2)nc(N(CC)CC)n1. The van der Waals surface area contributed by atoms with E-state index in [2.05, 4.69) is 51.0 Å². The van der Waals surface area contributed by atoms with Crippen LogP contribution in [0.5, 0.6) is 0 Å². The summed E-state index contributed by atoms with van der Waals surface area (Å²) in [6.07, 6.45) is 3.75. The van der Waals surface area contributed by atoms with Gasteiger partial charge < -0.3 is 10.2 Å². The highest BCUT2D eigenvalue weighted by Gasteiger charge is 2.13. The molecule has 0 unspecified atom stereocenters. The van der Waals surface area contributed by atoms with Gasteiger partial charge in [-0.05, 0) is 27.7 Å². The van der Waals surface area contributed by atoms with E-state index in [9.17, 15) is 0 Å². The van der Waals surface area contributed by atoms with Crippen molar-refractivity contribution in [3.05, 3.63) is 12.4 Å². The van der Waals surface area contributed by atoms with Gasteiger partial charge in [-0.2, -0.15) is 20.1 Å². The lowest BCUT2D eigenvalue weighted by Gasteiger charge is -2.19. The second-order valence-electron chi connectivity index (χ2n) is 4.57. The molecule has 2 heterocycles. The molecule has 0 aromatic carbocycles. The summed E-state index contributed by atoms with van der Waals surface area (Å²) in [5.41, 5.74) is 0.909. The van der Waals surface area contributed by atoms with Crippen LogP contribution in [0.4, 0.5) is 11.9 Å². The summed E-state index contributed by atoms with van der Waals surface area (Å²) in [7, 11) is 0. The van der Waals surface area contributed by atoms with E-state index in [4.69, 9.17) is 0 Å². The highest BCUT2D eigenvalue weighted by atomic mass is 15.3. The van der Waals surface area contributed by atoms with E-state index >= 15 is 0 Å². The monoisotopic (exact) mass is 289 g/mol. The number of nitrogens with zero attached hydrogens (tertiary/aromatic N) is 6. The maximum Gasteiger partial charge on any atom is 0.230 e. The lowest BCUT2D eigenvalue weighted by molar-refractivity contribution is 0.660. The van der Waals surface area contributed by atoms with Gasteiger partial charge in [0.25, 0.3) is 0 Å². The molecule has 0 fully saturated rings. The summed E-state index contributed by atoms with van der Waals surface area (Å²) in [4.78, 5) is 15.7. The van der Waals surface area contributed by atoms with Crippen molar-refractivity contribution in [3.63, 3.8) is 0 Å². The fourth-order valence-electron chi connectivity index (χ4n) is 2.03. The zero-order valence-corrected chi connectivity index (χ0v) is 13.2. The van der Waals surface area contributed by atoms with E-state index < -0.39 is 0 Å². The van der Waals surface area contributed by atoms with Crippen molar-refractivity contribution in [3.8, 4) is 11.4 Å². The Bertz CT molecular complexity index is 574. The standard InChI is InChI=1S/C14H23N7/c1-5-15-13-17-12(11-9-16-21(8-4)10-11)18-14(19-13)20(6-2)7-3/h9-10H,5-8H2,1-4H3,(H,15,17,18,19). The molecule has 2 aromatic heterocycles. The third-order valence-corrected chi connectivity index (χ3v) is 3.22. The third kappa shape index (κ3) is 3.48. The van der Waals surface area contributed by atoms with Crippen LogP contribution in [-0.2, 0) is 6.54 Å². The molecule has 0 bridgehead atoms. The molecule has 7 nitrogen and oxygen atoms in total. The first-order valence-electron chi connectivity index (χ1n) is 7.49. The molecular weight excluding hydrogens is 266 g/mol. The Morgan fingerprint density at radius 3 is 2.43 bits per heavy atom. The number of aromatic nitrogens is 5. The Balaban J connectivity index is 2.43. The van der Waals surface area contributed by atoms with E-state index in [1.165, 1.54) is 0 Å². The Morgan fingerprint density at radius 2 is 1.86 bits per heavy atom. The Kier molecular flexibility index (Phi) is 5.08. The van der Waals surface area contributed by atoms with Gasteiger partial charge in [-0.3, -0.25) is 4.68 Å². The van der Waals surface area contributed by atoms with Crippen molar-refractivity contribution < 1.29 is 0 Å². The van der Waals surface area contributed by atoms with Crippen LogP contribution in [0, 0.1) is 0 Å². The maximum absolute atomic E-state index is 4.59. The number of aryl methyl sites for hydroxylation is 1. The molecule has 0 amide bonds. The Hall–Kier alpha value is -2.18. The van der Waals surface area contributed by atoms with Crippen LogP contribution < -0.4 is 10.2 Å². The minimum Gasteiger partial charge on any atom is -0.354 e. The van der Waals surface area contributed by atoms with Crippen LogP contribution in [0.2, 0.25) is 0 Å². The van der Waals surface area contributed by atoms with Crippen LogP contribution in [0.15, 0.2) is 12.4 Å². The van der Waals surface area contributed by atoms with Crippen LogP contribution >= 0.6 is 0 Å². The zero-order valence-electron chi connectivity index (χ0n) is 13.2. The van der Waals surface area contributed by atoms with Gasteiger partial charge in [0.2, 0.25) is 11.9 Å². The fraction of sp³-hybridized carbons (Fsp3) is 0.571. The summed E-state index contributed by atoms with van der Waals surface area (Å²) in [6.45, 7) is 11.6. The van der Waals surface area contributed by atoms with Crippen LogP contribution in [0.25, 0.3) is 11.4 Å². The van der Waals surface area contributed by atoms with Crippen molar-refractivity contribution in [2.24, 2.45) is 0 Å². The van der Waals surface area contributed by atoms with Gasteiger partial charge in [-0.1, -0.05) is 0 Å². The normalized spacial score (nSPS) is 10.7. The molecular formula is C14H23N7. The minimum absolute atomic E-state index is 0.605. The van der Waals surface area contributed by atoms with Crippen molar-refractivity contribution in [1.82, 2.24) is 24.7 Å². The largest absolute Gasteiger partial charge is 0.354 e. The first-order chi connectivity index (χ1) is 10.2. The quantitative estimate of drug-likeness (QED) is 0.841. The molecule has 0 spiro atoms. The molecule has 0 aliphatic rings. The molecule has 2 rings (SSSR count). The molecule has 0 aliphatic carbocycles. The highest BCUT2D eigenvalue weighted by Crippen LogP contribution is 2.19. The second-order valence-corrected chi connectivity index (χ2v) is 4.57. The number of hydrogen-bond acceptors (Lipinski definition) is 6. The van der Waals surface area contributed by atoms with Crippen LogP contribution in [0.1, 0.15) is 27.7 Å². The molecule has 7 heteroatoms. The summed E-state index contributed by atoms with van der Waals surface area (Å²) in [6, 6.07) is 0. The molecule has 114 valence electrons. The van der Waals surface area contributed by atoms with E-state index in [-0.39, 0.29) is 0 Å². The number of anilines is 2. The molecule has 0 atom stereocenters. The Morgan fingerprint density at radius 1 is 1.10 bits per heavy atom. The van der Waals surface area contributed by atoms with Gasteiger partial charge in [-0.15, -0.1) is 0 Å². The molecule has 21 heavy (non-hydrogen) atoms. The van der Waals surface area contributed by atoms with Crippen molar-refractivity contribution in [1.29, 1.82) is 0 Å². The Labute approximate surface area is 125 Å². The van der Waals surface area contributed by atoms with Crippen molar-refractivity contribution >= 4 is 11.9 Å². The van der Waals surface area contributed by atoms with Gasteiger partial charge in [0.15, 0.2) is 5.82 Å². The van der Waals surface area contributed by atoms with Gasteiger partial charge in [0.05, 0.1) is 11.8 Å².